The van der Waals surface area contributed by atoms with Crippen LogP contribution < -0.4 is 10.6 Å². The van der Waals surface area contributed by atoms with E-state index in [-0.39, 0.29) is 24.5 Å². The van der Waals surface area contributed by atoms with E-state index in [4.69, 9.17) is 9.47 Å². The number of anilines is 1. The van der Waals surface area contributed by atoms with Crippen molar-refractivity contribution in [2.24, 2.45) is 0 Å². The molecule has 0 aliphatic heterocycles. The van der Waals surface area contributed by atoms with Crippen molar-refractivity contribution in [1.29, 1.82) is 0 Å². The Morgan fingerprint density at radius 3 is 2.65 bits per heavy atom. The lowest BCUT2D eigenvalue weighted by molar-refractivity contribution is -0.123. The molecule has 0 saturated carbocycles. The van der Waals surface area contributed by atoms with Crippen LogP contribution in [0, 0.1) is 0 Å². The molecule has 0 heterocycles. The van der Waals surface area contributed by atoms with Crippen molar-refractivity contribution >= 4 is 17.5 Å². The molecule has 1 rings (SSSR count). The Bertz CT molecular complexity index is 503. The predicted molar refractivity (Wildman–Crippen MR) is 89.1 cm³/mol. The number of carbonyl (C=O) groups excluding carboxylic acids is 2. The van der Waals surface area contributed by atoms with Gasteiger partial charge in [-0.05, 0) is 31.5 Å². The third-order valence-electron chi connectivity index (χ3n) is 2.93. The van der Waals surface area contributed by atoms with Gasteiger partial charge in [-0.15, -0.1) is 0 Å². The molecule has 128 valence electrons. The lowest BCUT2D eigenvalue weighted by atomic mass is 10.2. The van der Waals surface area contributed by atoms with Gasteiger partial charge in [0.2, 0.25) is 11.8 Å². The van der Waals surface area contributed by atoms with E-state index in [1.165, 1.54) is 0 Å². The highest BCUT2D eigenvalue weighted by Crippen LogP contribution is 2.11. The maximum atomic E-state index is 11.7. The lowest BCUT2D eigenvalue weighted by Crippen LogP contribution is -2.32. The van der Waals surface area contributed by atoms with Crippen LogP contribution in [0.25, 0.3) is 0 Å². The largest absolute Gasteiger partial charge is 0.376 e. The van der Waals surface area contributed by atoms with E-state index in [0.29, 0.717) is 31.9 Å². The SMILES string of the molecule is CCC(=O)NCC(=O)Nc1cccc(COCCOC(C)C)c1. The highest BCUT2D eigenvalue weighted by atomic mass is 16.5. The molecular weight excluding hydrogens is 296 g/mol. The van der Waals surface area contributed by atoms with Crippen LogP contribution in [0.2, 0.25) is 0 Å². The van der Waals surface area contributed by atoms with E-state index >= 15 is 0 Å². The van der Waals surface area contributed by atoms with Crippen LogP contribution in [0.1, 0.15) is 32.8 Å². The first-order valence-corrected chi connectivity index (χ1v) is 7.86. The molecule has 0 radical (unpaired) electrons. The van der Waals surface area contributed by atoms with Crippen molar-refractivity contribution in [1.82, 2.24) is 5.32 Å². The van der Waals surface area contributed by atoms with Crippen LogP contribution in [0.3, 0.4) is 0 Å². The van der Waals surface area contributed by atoms with Crippen molar-refractivity contribution in [3.05, 3.63) is 29.8 Å². The molecule has 0 unspecified atom stereocenters. The summed E-state index contributed by atoms with van der Waals surface area (Å²) in [5.41, 5.74) is 1.64. The molecule has 6 heteroatoms. The third kappa shape index (κ3) is 8.95. The molecular formula is C17H26N2O4. The summed E-state index contributed by atoms with van der Waals surface area (Å²) in [4.78, 5) is 22.9. The van der Waals surface area contributed by atoms with Crippen LogP contribution in [0.5, 0.6) is 0 Å². The molecule has 0 fully saturated rings. The van der Waals surface area contributed by atoms with Crippen LogP contribution in [-0.4, -0.2) is 37.7 Å². The van der Waals surface area contributed by atoms with Gasteiger partial charge in [-0.1, -0.05) is 19.1 Å². The molecule has 0 aliphatic rings. The first-order chi connectivity index (χ1) is 11.0. The standard InChI is InChI=1S/C17H26N2O4/c1-4-16(20)18-11-17(21)19-15-7-5-6-14(10-15)12-22-8-9-23-13(2)3/h5-7,10,13H,4,8-9,11-12H2,1-3H3,(H,18,20)(H,19,21). The number of benzene rings is 1. The summed E-state index contributed by atoms with van der Waals surface area (Å²) in [6.45, 7) is 7.22. The van der Waals surface area contributed by atoms with Crippen LogP contribution in [0.4, 0.5) is 5.69 Å². The molecule has 0 bridgehead atoms. The predicted octanol–water partition coefficient (Wildman–Crippen LogP) is 2.09. The fourth-order valence-electron chi connectivity index (χ4n) is 1.78. The highest BCUT2D eigenvalue weighted by molar-refractivity contribution is 5.94. The van der Waals surface area contributed by atoms with E-state index in [9.17, 15) is 9.59 Å². The minimum absolute atomic E-state index is 0.0278. The molecule has 0 spiro atoms. The summed E-state index contributed by atoms with van der Waals surface area (Å²) in [5, 5.41) is 5.28. The Morgan fingerprint density at radius 2 is 1.96 bits per heavy atom. The van der Waals surface area contributed by atoms with E-state index in [1.54, 1.807) is 13.0 Å². The van der Waals surface area contributed by atoms with Gasteiger partial charge in [0.1, 0.15) is 0 Å². The van der Waals surface area contributed by atoms with Crippen molar-refractivity contribution in [2.75, 3.05) is 25.1 Å². The highest BCUT2D eigenvalue weighted by Gasteiger charge is 2.05. The van der Waals surface area contributed by atoms with Crippen LogP contribution in [-0.2, 0) is 25.7 Å². The number of amides is 2. The maximum Gasteiger partial charge on any atom is 0.243 e. The van der Waals surface area contributed by atoms with Gasteiger partial charge in [0.05, 0.1) is 32.5 Å². The van der Waals surface area contributed by atoms with Gasteiger partial charge in [0.15, 0.2) is 0 Å². The Hall–Kier alpha value is -1.92. The summed E-state index contributed by atoms with van der Waals surface area (Å²) in [7, 11) is 0. The molecule has 0 saturated heterocycles. The molecule has 0 aromatic heterocycles. The Kier molecular flexibility index (Phi) is 8.94. The summed E-state index contributed by atoms with van der Waals surface area (Å²) in [5.74, 6) is -0.402. The van der Waals surface area contributed by atoms with Crippen molar-refractivity contribution in [2.45, 2.75) is 39.9 Å². The molecule has 0 atom stereocenters. The van der Waals surface area contributed by atoms with Gasteiger partial charge < -0.3 is 20.1 Å². The Labute approximate surface area is 137 Å². The molecule has 2 amide bonds. The second-order valence-electron chi connectivity index (χ2n) is 5.35. The van der Waals surface area contributed by atoms with Crippen molar-refractivity contribution in [3.8, 4) is 0 Å². The summed E-state index contributed by atoms with van der Waals surface area (Å²) >= 11 is 0. The van der Waals surface area contributed by atoms with Gasteiger partial charge in [-0.25, -0.2) is 0 Å². The van der Waals surface area contributed by atoms with Crippen molar-refractivity contribution < 1.29 is 19.1 Å². The Morgan fingerprint density at radius 1 is 1.17 bits per heavy atom. The third-order valence-corrected chi connectivity index (χ3v) is 2.93. The number of ether oxygens (including phenoxy) is 2. The zero-order valence-corrected chi connectivity index (χ0v) is 14.1. The molecule has 2 N–H and O–H groups in total. The van der Waals surface area contributed by atoms with E-state index in [2.05, 4.69) is 10.6 Å². The van der Waals surface area contributed by atoms with Crippen LogP contribution >= 0.6 is 0 Å². The first kappa shape index (κ1) is 19.1. The number of rotatable bonds is 10. The lowest BCUT2D eigenvalue weighted by Gasteiger charge is -2.10. The summed E-state index contributed by atoms with van der Waals surface area (Å²) < 4.78 is 10.9. The smallest absolute Gasteiger partial charge is 0.243 e. The first-order valence-electron chi connectivity index (χ1n) is 7.86. The second kappa shape index (κ2) is 10.7. The number of hydrogen-bond donors (Lipinski definition) is 2. The number of hydrogen-bond acceptors (Lipinski definition) is 4. The van der Waals surface area contributed by atoms with Gasteiger partial charge in [-0.3, -0.25) is 9.59 Å². The van der Waals surface area contributed by atoms with Gasteiger partial charge in [0.25, 0.3) is 0 Å². The topological polar surface area (TPSA) is 76.7 Å². The van der Waals surface area contributed by atoms with E-state index in [1.807, 2.05) is 32.0 Å². The average molecular weight is 322 g/mol. The zero-order valence-electron chi connectivity index (χ0n) is 14.1. The molecule has 6 nitrogen and oxygen atoms in total. The van der Waals surface area contributed by atoms with Gasteiger partial charge >= 0.3 is 0 Å². The minimum atomic E-state index is -0.254. The van der Waals surface area contributed by atoms with E-state index in [0.717, 1.165) is 5.56 Å². The van der Waals surface area contributed by atoms with Crippen LogP contribution in [0.15, 0.2) is 24.3 Å². The summed E-state index contributed by atoms with van der Waals surface area (Å²) in [6.07, 6.45) is 0.561. The number of carbonyl (C=O) groups is 2. The minimum Gasteiger partial charge on any atom is -0.376 e. The molecule has 1 aromatic carbocycles. The maximum absolute atomic E-state index is 11.7. The van der Waals surface area contributed by atoms with Crippen molar-refractivity contribution in [3.63, 3.8) is 0 Å². The average Bonchev–Trinajstić information content (AvgIpc) is 2.52. The summed E-state index contributed by atoms with van der Waals surface area (Å²) in [6, 6.07) is 7.43. The van der Waals surface area contributed by atoms with E-state index < -0.39 is 0 Å². The molecule has 0 aliphatic carbocycles. The number of nitrogens with one attached hydrogen (secondary N) is 2. The van der Waals surface area contributed by atoms with Gasteiger partial charge in [-0.2, -0.15) is 0 Å². The molecule has 1 aromatic rings. The fraction of sp³-hybridized carbons (Fsp3) is 0.529. The normalized spacial score (nSPS) is 10.6. The fourth-order valence-corrected chi connectivity index (χ4v) is 1.78. The quantitative estimate of drug-likeness (QED) is 0.647. The second-order valence-corrected chi connectivity index (χ2v) is 5.35. The zero-order chi connectivity index (χ0) is 17.1. The monoisotopic (exact) mass is 322 g/mol. The molecule has 23 heavy (non-hydrogen) atoms. The Balaban J connectivity index is 2.35. The van der Waals surface area contributed by atoms with Gasteiger partial charge in [0, 0.05) is 12.1 Å².